The van der Waals surface area contributed by atoms with E-state index in [9.17, 15) is 4.79 Å². The second-order valence-electron chi connectivity index (χ2n) is 5.33. The van der Waals surface area contributed by atoms with Crippen molar-refractivity contribution in [2.45, 2.75) is 27.7 Å². The number of aromatic amines is 1. The molecule has 1 heterocycles. The van der Waals surface area contributed by atoms with Gasteiger partial charge >= 0.3 is 5.91 Å². The molecule has 0 bridgehead atoms. The van der Waals surface area contributed by atoms with Crippen LogP contribution < -0.4 is 24.5 Å². The molecule has 0 aliphatic heterocycles. The molecule has 2 aromatic rings. The highest BCUT2D eigenvalue weighted by Gasteiger charge is 2.21. The van der Waals surface area contributed by atoms with Crippen LogP contribution in [0.5, 0.6) is 17.2 Å². The van der Waals surface area contributed by atoms with E-state index in [4.69, 9.17) is 14.2 Å². The fourth-order valence-electron chi connectivity index (χ4n) is 2.29. The first-order valence-electron chi connectivity index (χ1n) is 8.45. The number of rotatable bonds is 8. The van der Waals surface area contributed by atoms with E-state index in [0.29, 0.717) is 48.5 Å². The Labute approximate surface area is 148 Å². The summed E-state index contributed by atoms with van der Waals surface area (Å²) < 4.78 is 16.9. The van der Waals surface area contributed by atoms with Crippen molar-refractivity contribution in [3.8, 4) is 17.2 Å². The number of nitrogens with one attached hydrogen (secondary N) is 2. The summed E-state index contributed by atoms with van der Waals surface area (Å²) in [4.78, 5) is 15.6. The average molecular weight is 345 g/mol. The molecule has 0 saturated carbocycles. The van der Waals surface area contributed by atoms with Crippen molar-refractivity contribution in [2.75, 3.05) is 25.1 Å². The molecule has 1 aromatic heterocycles. The third-order valence-electron chi connectivity index (χ3n) is 3.39. The summed E-state index contributed by atoms with van der Waals surface area (Å²) in [6, 6.07) is 7.07. The Morgan fingerprint density at radius 2 is 1.60 bits per heavy atom. The Balaban J connectivity index is 2.34. The number of benzene rings is 1. The number of hydrogen-bond acceptors (Lipinski definition) is 4. The van der Waals surface area contributed by atoms with Gasteiger partial charge in [0.25, 0.3) is 5.82 Å². The van der Waals surface area contributed by atoms with Gasteiger partial charge in [0.1, 0.15) is 0 Å². The van der Waals surface area contributed by atoms with Gasteiger partial charge in [-0.1, -0.05) is 0 Å². The van der Waals surface area contributed by atoms with E-state index in [1.165, 1.54) is 0 Å². The van der Waals surface area contributed by atoms with Crippen molar-refractivity contribution in [3.05, 3.63) is 41.6 Å². The van der Waals surface area contributed by atoms with Gasteiger partial charge in [0.05, 0.1) is 31.6 Å². The average Bonchev–Trinajstić information content (AvgIpc) is 2.60. The maximum Gasteiger partial charge on any atom is 0.339 e. The van der Waals surface area contributed by atoms with Crippen LogP contribution in [0.2, 0.25) is 0 Å². The first-order chi connectivity index (χ1) is 12.1. The van der Waals surface area contributed by atoms with Crippen molar-refractivity contribution in [1.82, 2.24) is 0 Å². The van der Waals surface area contributed by atoms with E-state index in [-0.39, 0.29) is 5.91 Å². The molecule has 6 heteroatoms. The van der Waals surface area contributed by atoms with E-state index in [1.54, 1.807) is 12.1 Å². The molecule has 134 valence electrons. The molecule has 1 amide bonds. The first kappa shape index (κ1) is 18.6. The van der Waals surface area contributed by atoms with Crippen molar-refractivity contribution >= 4 is 11.7 Å². The van der Waals surface area contributed by atoms with Gasteiger partial charge in [-0.2, -0.15) is 0 Å². The lowest BCUT2D eigenvalue weighted by molar-refractivity contribution is -0.361. The predicted molar refractivity (Wildman–Crippen MR) is 95.6 cm³/mol. The summed E-state index contributed by atoms with van der Waals surface area (Å²) >= 11 is 0. The maximum atomic E-state index is 12.6. The zero-order valence-electron chi connectivity index (χ0n) is 15.1. The Morgan fingerprint density at radius 3 is 2.08 bits per heavy atom. The Kier molecular flexibility index (Phi) is 6.62. The number of hydrogen-bond donors (Lipinski definition) is 1. The lowest BCUT2D eigenvalue weighted by atomic mass is 10.1. The molecule has 0 fully saturated rings. The standard InChI is InChI=1S/C19H24N2O4/c1-5-23-15-10-14(11-16(24-6-2)18(15)25-7-3)19(22)21-17-9-8-13(4)12-20-17/h8-12H,5-7H2,1-4H3,(H,20,21,22)/p+1. The number of H-pyrrole nitrogens is 1. The number of pyridine rings is 1. The zero-order valence-corrected chi connectivity index (χ0v) is 15.1. The summed E-state index contributed by atoms with van der Waals surface area (Å²) in [6.45, 7) is 9.01. The van der Waals surface area contributed by atoms with Crippen molar-refractivity contribution in [3.63, 3.8) is 0 Å². The van der Waals surface area contributed by atoms with Crippen LogP contribution in [0.3, 0.4) is 0 Å². The van der Waals surface area contributed by atoms with Crippen LogP contribution in [-0.2, 0) is 0 Å². The number of amides is 1. The normalized spacial score (nSPS) is 10.2. The van der Waals surface area contributed by atoms with Crippen LogP contribution in [0.25, 0.3) is 0 Å². The highest BCUT2D eigenvalue weighted by Crippen LogP contribution is 2.39. The Hall–Kier alpha value is -2.76. The van der Waals surface area contributed by atoms with Gasteiger partial charge in [-0.15, -0.1) is 0 Å². The van der Waals surface area contributed by atoms with Crippen LogP contribution in [0.4, 0.5) is 5.82 Å². The third kappa shape index (κ3) is 4.86. The number of aryl methyl sites for hydroxylation is 1. The highest BCUT2D eigenvalue weighted by atomic mass is 16.5. The van der Waals surface area contributed by atoms with Gasteiger partial charge in [-0.3, -0.25) is 0 Å². The van der Waals surface area contributed by atoms with Gasteiger partial charge in [-0.25, -0.2) is 15.1 Å². The first-order valence-corrected chi connectivity index (χ1v) is 8.45. The number of carbonyl (C=O) groups excluding carboxylic acids is 1. The molecule has 6 nitrogen and oxygen atoms in total. The molecule has 1 aromatic carbocycles. The Morgan fingerprint density at radius 1 is 1.00 bits per heavy atom. The van der Waals surface area contributed by atoms with Crippen LogP contribution in [0.1, 0.15) is 36.7 Å². The van der Waals surface area contributed by atoms with E-state index >= 15 is 0 Å². The minimum Gasteiger partial charge on any atom is -0.490 e. The monoisotopic (exact) mass is 345 g/mol. The summed E-state index contributed by atoms with van der Waals surface area (Å²) in [7, 11) is 0. The van der Waals surface area contributed by atoms with E-state index in [1.807, 2.05) is 46.0 Å². The fourth-order valence-corrected chi connectivity index (χ4v) is 2.29. The minimum absolute atomic E-state index is 0.259. The largest absolute Gasteiger partial charge is 0.490 e. The fraction of sp³-hybridized carbons (Fsp3) is 0.368. The van der Waals surface area contributed by atoms with E-state index in [2.05, 4.69) is 10.3 Å². The third-order valence-corrected chi connectivity index (χ3v) is 3.39. The van der Waals surface area contributed by atoms with Crippen molar-refractivity contribution in [1.29, 1.82) is 0 Å². The zero-order chi connectivity index (χ0) is 18.2. The number of carbonyl (C=O) groups is 1. The molecule has 0 saturated heterocycles. The molecule has 2 rings (SSSR count). The molecule has 2 N–H and O–H groups in total. The van der Waals surface area contributed by atoms with E-state index < -0.39 is 0 Å². The minimum atomic E-state index is -0.259. The smallest absolute Gasteiger partial charge is 0.339 e. The predicted octanol–water partition coefficient (Wildman–Crippen LogP) is 3.26. The lowest BCUT2D eigenvalue weighted by Crippen LogP contribution is -2.19. The van der Waals surface area contributed by atoms with Crippen molar-refractivity contribution in [2.24, 2.45) is 0 Å². The second-order valence-corrected chi connectivity index (χ2v) is 5.33. The molecule has 0 atom stereocenters. The molecule has 0 radical (unpaired) electrons. The number of anilines is 1. The van der Waals surface area contributed by atoms with Crippen LogP contribution in [-0.4, -0.2) is 25.7 Å². The molecule has 0 spiro atoms. The van der Waals surface area contributed by atoms with E-state index in [0.717, 1.165) is 5.56 Å². The van der Waals surface area contributed by atoms with Gasteiger partial charge in [0.15, 0.2) is 11.5 Å². The highest BCUT2D eigenvalue weighted by molar-refractivity contribution is 6.04. The van der Waals surface area contributed by atoms with Crippen molar-refractivity contribution < 1.29 is 24.0 Å². The summed E-state index contributed by atoms with van der Waals surface area (Å²) in [5, 5.41) is 2.83. The molecular weight excluding hydrogens is 320 g/mol. The van der Waals surface area contributed by atoms with Crippen LogP contribution in [0.15, 0.2) is 30.5 Å². The lowest BCUT2D eigenvalue weighted by Gasteiger charge is -2.16. The molecule has 0 aliphatic carbocycles. The van der Waals surface area contributed by atoms with Gasteiger partial charge < -0.3 is 14.2 Å². The number of aromatic nitrogens is 1. The number of ether oxygens (including phenoxy) is 3. The summed E-state index contributed by atoms with van der Waals surface area (Å²) in [5.41, 5.74) is 1.51. The van der Waals surface area contributed by atoms with Gasteiger partial charge in [-0.05, 0) is 51.5 Å². The molecule has 25 heavy (non-hydrogen) atoms. The Bertz CT molecular complexity index is 687. The second kappa shape index (κ2) is 8.92. The van der Waals surface area contributed by atoms with Crippen LogP contribution >= 0.6 is 0 Å². The SMILES string of the molecule is CCOc1cc(C(=O)Nc2ccc(C)c[nH+]2)cc(OCC)c1OCC. The summed E-state index contributed by atoms with van der Waals surface area (Å²) in [5.74, 6) is 1.86. The summed E-state index contributed by atoms with van der Waals surface area (Å²) in [6.07, 6.45) is 1.82. The van der Waals surface area contributed by atoms with Gasteiger partial charge in [0, 0.05) is 6.07 Å². The molecule has 0 unspecified atom stereocenters. The quantitative estimate of drug-likeness (QED) is 0.797. The van der Waals surface area contributed by atoms with Gasteiger partial charge in [0.2, 0.25) is 5.75 Å². The topological polar surface area (TPSA) is 70.9 Å². The molecular formula is C19H25N2O4+. The maximum absolute atomic E-state index is 12.6. The molecule has 0 aliphatic rings. The van der Waals surface area contributed by atoms with Crippen LogP contribution in [0, 0.1) is 6.92 Å².